The largest absolute Gasteiger partial charge is 0.492 e. The summed E-state index contributed by atoms with van der Waals surface area (Å²) in [5, 5.41) is 0. The van der Waals surface area contributed by atoms with Crippen LogP contribution >= 0.6 is 7.82 Å². The standard InChI is InChI=1S/C35H70NO7P/c1-3-5-7-9-11-13-15-16-17-19-21-23-25-27-30-40-34(33-43-44(38,39)42-31-29-36)32-41-35(37)28-26-24-22-20-18-14-12-10-8-6-4-2/h27,30,34H,3-26,28-29,31-33,36H2,1-2H3,(H,38,39). The Kier molecular flexibility index (Phi) is 32.7. The summed E-state index contributed by atoms with van der Waals surface area (Å²) in [6.07, 6.45) is 33.2. The Bertz CT molecular complexity index is 692. The third-order valence-corrected chi connectivity index (χ3v) is 8.79. The molecule has 8 nitrogen and oxygen atoms in total. The molecule has 44 heavy (non-hydrogen) atoms. The monoisotopic (exact) mass is 647 g/mol. The number of phosphoric acid groups is 1. The van der Waals surface area contributed by atoms with E-state index in [1.807, 2.05) is 6.08 Å². The summed E-state index contributed by atoms with van der Waals surface area (Å²) in [5.74, 6) is -0.290. The highest BCUT2D eigenvalue weighted by molar-refractivity contribution is 7.47. The van der Waals surface area contributed by atoms with Crippen molar-refractivity contribution in [1.29, 1.82) is 0 Å². The van der Waals surface area contributed by atoms with Crippen LogP contribution < -0.4 is 5.73 Å². The van der Waals surface area contributed by atoms with E-state index in [2.05, 4.69) is 13.8 Å². The van der Waals surface area contributed by atoms with Crippen molar-refractivity contribution >= 4 is 13.8 Å². The molecule has 0 aliphatic rings. The number of allylic oxidation sites excluding steroid dienone is 1. The predicted molar refractivity (Wildman–Crippen MR) is 183 cm³/mol. The van der Waals surface area contributed by atoms with Gasteiger partial charge in [-0.2, -0.15) is 0 Å². The molecule has 0 spiro atoms. The van der Waals surface area contributed by atoms with Crippen molar-refractivity contribution in [2.24, 2.45) is 5.73 Å². The zero-order valence-corrected chi connectivity index (χ0v) is 29.6. The summed E-state index contributed by atoms with van der Waals surface area (Å²) in [6.45, 7) is 4.21. The summed E-state index contributed by atoms with van der Waals surface area (Å²) in [4.78, 5) is 22.1. The van der Waals surface area contributed by atoms with Gasteiger partial charge in [0.25, 0.3) is 0 Å². The number of nitrogens with two attached hydrogens (primary N) is 1. The maximum atomic E-state index is 12.3. The van der Waals surface area contributed by atoms with Gasteiger partial charge in [-0.3, -0.25) is 13.8 Å². The van der Waals surface area contributed by atoms with Crippen LogP contribution in [0.5, 0.6) is 0 Å². The highest BCUT2D eigenvalue weighted by Crippen LogP contribution is 2.43. The van der Waals surface area contributed by atoms with Crippen molar-refractivity contribution in [2.45, 2.75) is 180 Å². The Morgan fingerprint density at radius 3 is 1.61 bits per heavy atom. The highest BCUT2D eigenvalue weighted by atomic mass is 31.2. The smallest absolute Gasteiger partial charge is 0.472 e. The van der Waals surface area contributed by atoms with Crippen LogP contribution in [0, 0.1) is 0 Å². The summed E-state index contributed by atoms with van der Waals surface area (Å²) >= 11 is 0. The van der Waals surface area contributed by atoms with E-state index in [0.717, 1.165) is 32.1 Å². The minimum Gasteiger partial charge on any atom is -0.492 e. The van der Waals surface area contributed by atoms with Gasteiger partial charge in [-0.1, -0.05) is 149 Å². The van der Waals surface area contributed by atoms with Gasteiger partial charge in [-0.15, -0.1) is 0 Å². The van der Waals surface area contributed by atoms with E-state index >= 15 is 0 Å². The second kappa shape index (κ2) is 33.4. The molecule has 3 N–H and O–H groups in total. The van der Waals surface area contributed by atoms with Crippen LogP contribution in [0.2, 0.25) is 0 Å². The lowest BCUT2D eigenvalue weighted by molar-refractivity contribution is -0.147. The number of carbonyl (C=O) groups excluding carboxylic acids is 1. The zero-order chi connectivity index (χ0) is 32.4. The van der Waals surface area contributed by atoms with Crippen molar-refractivity contribution < 1.29 is 32.8 Å². The van der Waals surface area contributed by atoms with Crippen LogP contribution in [-0.2, 0) is 27.9 Å². The lowest BCUT2D eigenvalue weighted by Gasteiger charge is -2.19. The van der Waals surface area contributed by atoms with Gasteiger partial charge < -0.3 is 20.1 Å². The summed E-state index contributed by atoms with van der Waals surface area (Å²) in [7, 11) is -4.25. The summed E-state index contributed by atoms with van der Waals surface area (Å²) in [6, 6.07) is 0. The fraction of sp³-hybridized carbons (Fsp3) is 0.914. The second-order valence-electron chi connectivity index (χ2n) is 12.2. The molecule has 0 saturated heterocycles. The number of hydrogen-bond donors (Lipinski definition) is 2. The van der Waals surface area contributed by atoms with Gasteiger partial charge in [0.05, 0.1) is 19.5 Å². The Labute approximate surface area is 271 Å². The second-order valence-corrected chi connectivity index (χ2v) is 13.6. The van der Waals surface area contributed by atoms with Gasteiger partial charge in [0, 0.05) is 13.0 Å². The Morgan fingerprint density at radius 1 is 0.682 bits per heavy atom. The van der Waals surface area contributed by atoms with E-state index < -0.39 is 13.9 Å². The first-order valence-electron chi connectivity index (χ1n) is 18.2. The van der Waals surface area contributed by atoms with Crippen LogP contribution in [0.15, 0.2) is 12.3 Å². The molecule has 9 heteroatoms. The molecule has 0 aliphatic heterocycles. The first-order valence-corrected chi connectivity index (χ1v) is 19.7. The predicted octanol–water partition coefficient (Wildman–Crippen LogP) is 10.3. The number of hydrogen-bond acceptors (Lipinski definition) is 7. The number of phosphoric ester groups is 1. The topological polar surface area (TPSA) is 117 Å². The van der Waals surface area contributed by atoms with E-state index in [1.165, 1.54) is 122 Å². The van der Waals surface area contributed by atoms with Crippen LogP contribution in [0.4, 0.5) is 0 Å². The maximum absolute atomic E-state index is 12.3. The van der Waals surface area contributed by atoms with Gasteiger partial charge in [-0.25, -0.2) is 4.57 Å². The van der Waals surface area contributed by atoms with Gasteiger partial charge in [-0.05, 0) is 25.3 Å². The van der Waals surface area contributed by atoms with Gasteiger partial charge in [0.2, 0.25) is 0 Å². The number of ether oxygens (including phenoxy) is 2. The molecule has 0 aromatic carbocycles. The number of carbonyl (C=O) groups is 1. The average molecular weight is 648 g/mol. The van der Waals surface area contributed by atoms with Crippen LogP contribution in [0.25, 0.3) is 0 Å². The van der Waals surface area contributed by atoms with Crippen molar-refractivity contribution in [3.05, 3.63) is 12.3 Å². The Balaban J connectivity index is 4.15. The van der Waals surface area contributed by atoms with E-state index in [1.54, 1.807) is 6.26 Å². The molecule has 0 aromatic rings. The quantitative estimate of drug-likeness (QED) is 0.0302. The molecule has 0 bridgehead atoms. The van der Waals surface area contributed by atoms with Crippen molar-refractivity contribution in [3.8, 4) is 0 Å². The molecule has 262 valence electrons. The third-order valence-electron chi connectivity index (χ3n) is 7.80. The van der Waals surface area contributed by atoms with E-state index in [4.69, 9.17) is 24.3 Å². The molecule has 2 unspecified atom stereocenters. The first-order chi connectivity index (χ1) is 21.4. The van der Waals surface area contributed by atoms with Gasteiger partial charge in [0.15, 0.2) is 6.10 Å². The van der Waals surface area contributed by atoms with Gasteiger partial charge >= 0.3 is 13.8 Å². The van der Waals surface area contributed by atoms with E-state index in [0.29, 0.717) is 6.42 Å². The molecule has 0 radical (unpaired) electrons. The highest BCUT2D eigenvalue weighted by Gasteiger charge is 2.24. The summed E-state index contributed by atoms with van der Waals surface area (Å²) in [5.41, 5.74) is 5.34. The minimum atomic E-state index is -4.25. The van der Waals surface area contributed by atoms with Crippen LogP contribution in [0.1, 0.15) is 174 Å². The van der Waals surface area contributed by atoms with E-state index in [-0.39, 0.29) is 32.3 Å². The number of rotatable bonds is 35. The summed E-state index contributed by atoms with van der Waals surface area (Å²) < 4.78 is 33.0. The molecule has 2 atom stereocenters. The van der Waals surface area contributed by atoms with Crippen LogP contribution in [-0.4, -0.2) is 43.3 Å². The minimum absolute atomic E-state index is 0.0588. The molecule has 0 saturated carbocycles. The molecular weight excluding hydrogens is 577 g/mol. The maximum Gasteiger partial charge on any atom is 0.472 e. The SMILES string of the molecule is CCCCCCCCCCCCCCC=COC(COC(=O)CCCCCCCCCCCCC)COP(=O)(O)OCCN. The molecule has 0 aliphatic carbocycles. The number of esters is 1. The first kappa shape index (κ1) is 43.1. The fourth-order valence-corrected chi connectivity index (χ4v) is 5.80. The molecule has 0 aromatic heterocycles. The average Bonchev–Trinajstić information content (AvgIpc) is 3.01. The lowest BCUT2D eigenvalue weighted by atomic mass is 10.0. The lowest BCUT2D eigenvalue weighted by Crippen LogP contribution is -2.25. The molecule has 0 amide bonds. The molecular formula is C35H70NO7P. The Hall–Kier alpha value is -0.920. The van der Waals surface area contributed by atoms with Gasteiger partial charge in [0.1, 0.15) is 6.61 Å². The van der Waals surface area contributed by atoms with E-state index in [9.17, 15) is 14.3 Å². The van der Waals surface area contributed by atoms with Crippen molar-refractivity contribution in [3.63, 3.8) is 0 Å². The molecule has 0 heterocycles. The number of unbranched alkanes of at least 4 members (excludes halogenated alkanes) is 22. The van der Waals surface area contributed by atoms with Crippen molar-refractivity contribution in [1.82, 2.24) is 0 Å². The molecule has 0 rings (SSSR count). The molecule has 0 fully saturated rings. The Morgan fingerprint density at radius 2 is 1.14 bits per heavy atom. The normalized spacial score (nSPS) is 13.7. The van der Waals surface area contributed by atoms with Crippen LogP contribution in [0.3, 0.4) is 0 Å². The third kappa shape index (κ3) is 32.5. The van der Waals surface area contributed by atoms with Crippen molar-refractivity contribution in [2.75, 3.05) is 26.4 Å². The zero-order valence-electron chi connectivity index (χ0n) is 28.7. The fourth-order valence-electron chi connectivity index (χ4n) is 5.04.